The Morgan fingerprint density at radius 3 is 2.84 bits per heavy atom. The van der Waals surface area contributed by atoms with Crippen LogP contribution in [0.5, 0.6) is 0 Å². The number of amides is 1. The van der Waals surface area contributed by atoms with Gasteiger partial charge in [-0.2, -0.15) is 0 Å². The molecule has 0 radical (unpaired) electrons. The van der Waals surface area contributed by atoms with Crippen LogP contribution in [0.4, 0.5) is 0 Å². The van der Waals surface area contributed by atoms with Crippen LogP contribution in [0, 0.1) is 0 Å². The summed E-state index contributed by atoms with van der Waals surface area (Å²) < 4.78 is 0. The third-order valence-corrected chi connectivity index (χ3v) is 4.61. The van der Waals surface area contributed by atoms with Crippen LogP contribution in [0.25, 0.3) is 0 Å². The molecule has 0 aromatic carbocycles. The van der Waals surface area contributed by atoms with Gasteiger partial charge in [-0.3, -0.25) is 9.69 Å². The molecular formula is C14H23N3OS. The third kappa shape index (κ3) is 4.03. The highest BCUT2D eigenvalue weighted by atomic mass is 32.1. The first-order valence-corrected chi connectivity index (χ1v) is 7.79. The highest BCUT2D eigenvalue weighted by Crippen LogP contribution is 2.15. The van der Waals surface area contributed by atoms with Crippen molar-refractivity contribution in [1.82, 2.24) is 9.80 Å². The second-order valence-electron chi connectivity index (χ2n) is 5.18. The molecule has 0 saturated carbocycles. The minimum absolute atomic E-state index is 0.134. The van der Waals surface area contributed by atoms with E-state index in [2.05, 4.69) is 29.5 Å². The van der Waals surface area contributed by atoms with Gasteiger partial charge >= 0.3 is 0 Å². The van der Waals surface area contributed by atoms with E-state index < -0.39 is 0 Å². The normalized spacial score (nSPS) is 17.1. The Labute approximate surface area is 119 Å². The van der Waals surface area contributed by atoms with E-state index in [-0.39, 0.29) is 11.9 Å². The fourth-order valence-electron chi connectivity index (χ4n) is 2.49. The van der Waals surface area contributed by atoms with Crippen molar-refractivity contribution in [3.05, 3.63) is 22.4 Å². The Balaban J connectivity index is 1.86. The fourth-order valence-corrected chi connectivity index (χ4v) is 3.26. The summed E-state index contributed by atoms with van der Waals surface area (Å²) >= 11 is 1.75. The second kappa shape index (κ2) is 7.03. The number of likely N-dealkylation sites (N-methyl/N-ethyl adjacent to an activating group) is 1. The van der Waals surface area contributed by atoms with Crippen LogP contribution in [0.3, 0.4) is 0 Å². The van der Waals surface area contributed by atoms with Crippen LogP contribution in [0.2, 0.25) is 0 Å². The van der Waals surface area contributed by atoms with Crippen LogP contribution in [-0.4, -0.2) is 48.4 Å². The maximum atomic E-state index is 12.2. The van der Waals surface area contributed by atoms with Crippen LogP contribution in [0.1, 0.15) is 24.1 Å². The van der Waals surface area contributed by atoms with Crippen LogP contribution < -0.4 is 5.73 Å². The van der Waals surface area contributed by atoms with Gasteiger partial charge in [0.2, 0.25) is 5.91 Å². The van der Waals surface area contributed by atoms with Crippen molar-refractivity contribution in [3.63, 3.8) is 0 Å². The van der Waals surface area contributed by atoms with E-state index in [1.54, 1.807) is 11.3 Å². The molecule has 2 N–H and O–H groups in total. The molecule has 5 heteroatoms. The Hall–Kier alpha value is -0.910. The maximum absolute atomic E-state index is 12.2. The number of thiophene rings is 1. The predicted molar refractivity (Wildman–Crippen MR) is 79.1 cm³/mol. The van der Waals surface area contributed by atoms with Gasteiger partial charge in [-0.25, -0.2) is 0 Å². The standard InChI is InChI=1S/C14H23N3OS/c1-16(11-13-5-4-8-19-13)12(10-15)9-14(18)17-6-2-3-7-17/h4-5,8,12H,2-3,6-7,9-11,15H2,1H3. The molecule has 0 aliphatic carbocycles. The number of nitrogens with two attached hydrogens (primary N) is 1. The average Bonchev–Trinajstić information content (AvgIpc) is 3.07. The summed E-state index contributed by atoms with van der Waals surface area (Å²) in [5, 5.41) is 2.08. The van der Waals surface area contributed by atoms with E-state index in [9.17, 15) is 4.79 Å². The molecule has 1 aromatic rings. The molecule has 0 bridgehead atoms. The van der Waals surface area contributed by atoms with Gasteiger partial charge in [0.15, 0.2) is 0 Å². The van der Waals surface area contributed by atoms with E-state index in [1.807, 2.05) is 4.90 Å². The number of nitrogens with zero attached hydrogens (tertiary/aromatic N) is 2. The minimum atomic E-state index is 0.134. The molecule has 2 heterocycles. The largest absolute Gasteiger partial charge is 0.343 e. The Morgan fingerprint density at radius 1 is 1.53 bits per heavy atom. The monoisotopic (exact) mass is 281 g/mol. The molecule has 1 unspecified atom stereocenters. The molecule has 1 amide bonds. The Kier molecular flexibility index (Phi) is 5.36. The van der Waals surface area contributed by atoms with E-state index in [1.165, 1.54) is 4.88 Å². The first-order valence-electron chi connectivity index (χ1n) is 6.91. The molecule has 0 spiro atoms. The Morgan fingerprint density at radius 2 is 2.26 bits per heavy atom. The summed E-state index contributed by atoms with van der Waals surface area (Å²) in [6.07, 6.45) is 2.83. The van der Waals surface area contributed by atoms with E-state index >= 15 is 0 Å². The van der Waals surface area contributed by atoms with Crippen molar-refractivity contribution in [1.29, 1.82) is 0 Å². The number of carbonyl (C=O) groups excluding carboxylic acids is 1. The summed E-state index contributed by atoms with van der Waals surface area (Å²) in [6.45, 7) is 3.24. The fraction of sp³-hybridized carbons (Fsp3) is 0.643. The van der Waals surface area contributed by atoms with Gasteiger partial charge in [-0.1, -0.05) is 6.07 Å². The summed E-state index contributed by atoms with van der Waals surface area (Å²) in [6, 6.07) is 4.31. The van der Waals surface area contributed by atoms with Gasteiger partial charge in [0.25, 0.3) is 0 Å². The van der Waals surface area contributed by atoms with Gasteiger partial charge in [0.05, 0.1) is 0 Å². The van der Waals surface area contributed by atoms with Crippen LogP contribution in [0.15, 0.2) is 17.5 Å². The van der Waals surface area contributed by atoms with E-state index in [0.717, 1.165) is 32.5 Å². The van der Waals surface area contributed by atoms with Gasteiger partial charge in [0.1, 0.15) is 0 Å². The molecule has 1 atom stereocenters. The molecule has 1 aliphatic rings. The topological polar surface area (TPSA) is 49.6 Å². The minimum Gasteiger partial charge on any atom is -0.343 e. The molecule has 2 rings (SSSR count). The van der Waals surface area contributed by atoms with Crippen molar-refractivity contribution in [2.24, 2.45) is 5.73 Å². The zero-order chi connectivity index (χ0) is 13.7. The lowest BCUT2D eigenvalue weighted by atomic mass is 10.1. The summed E-state index contributed by atoms with van der Waals surface area (Å²) in [5.74, 6) is 0.256. The van der Waals surface area contributed by atoms with Gasteiger partial charge < -0.3 is 10.6 Å². The first-order chi connectivity index (χ1) is 9.20. The lowest BCUT2D eigenvalue weighted by Crippen LogP contribution is -2.42. The van der Waals surface area contributed by atoms with Crippen LogP contribution >= 0.6 is 11.3 Å². The first kappa shape index (κ1) is 14.5. The number of carbonyl (C=O) groups is 1. The van der Waals surface area contributed by atoms with Crippen LogP contribution in [-0.2, 0) is 11.3 Å². The molecule has 1 aliphatic heterocycles. The maximum Gasteiger partial charge on any atom is 0.224 e. The van der Waals surface area contributed by atoms with Crippen molar-refractivity contribution in [2.75, 3.05) is 26.7 Å². The van der Waals surface area contributed by atoms with E-state index in [0.29, 0.717) is 13.0 Å². The lowest BCUT2D eigenvalue weighted by molar-refractivity contribution is -0.131. The average molecular weight is 281 g/mol. The highest BCUT2D eigenvalue weighted by Gasteiger charge is 2.23. The molecule has 4 nitrogen and oxygen atoms in total. The number of hydrogen-bond donors (Lipinski definition) is 1. The molecule has 1 aromatic heterocycles. The zero-order valence-corrected chi connectivity index (χ0v) is 12.4. The number of likely N-dealkylation sites (tertiary alicyclic amines) is 1. The van der Waals surface area contributed by atoms with Gasteiger partial charge in [-0.15, -0.1) is 11.3 Å². The summed E-state index contributed by atoms with van der Waals surface area (Å²) in [7, 11) is 2.05. The Bertz CT molecular complexity index is 387. The number of hydrogen-bond acceptors (Lipinski definition) is 4. The van der Waals surface area contributed by atoms with Crippen molar-refractivity contribution >= 4 is 17.2 Å². The smallest absolute Gasteiger partial charge is 0.224 e. The molecule has 1 saturated heterocycles. The quantitative estimate of drug-likeness (QED) is 0.860. The van der Waals surface area contributed by atoms with Crippen molar-refractivity contribution in [3.8, 4) is 0 Å². The van der Waals surface area contributed by atoms with E-state index in [4.69, 9.17) is 5.73 Å². The van der Waals surface area contributed by atoms with Crippen molar-refractivity contribution < 1.29 is 4.79 Å². The summed E-state index contributed by atoms with van der Waals surface area (Å²) in [4.78, 5) is 17.7. The predicted octanol–water partition coefficient (Wildman–Crippen LogP) is 1.52. The summed E-state index contributed by atoms with van der Waals surface area (Å²) in [5.41, 5.74) is 5.84. The zero-order valence-electron chi connectivity index (χ0n) is 11.5. The van der Waals surface area contributed by atoms with Gasteiger partial charge in [-0.05, 0) is 31.3 Å². The molecule has 1 fully saturated rings. The van der Waals surface area contributed by atoms with Gasteiger partial charge in [0, 0.05) is 43.5 Å². The highest BCUT2D eigenvalue weighted by molar-refractivity contribution is 7.09. The second-order valence-corrected chi connectivity index (χ2v) is 6.21. The molecular weight excluding hydrogens is 258 g/mol. The molecule has 106 valence electrons. The SMILES string of the molecule is CN(Cc1cccs1)C(CN)CC(=O)N1CCCC1. The lowest BCUT2D eigenvalue weighted by Gasteiger charge is -2.27. The molecule has 19 heavy (non-hydrogen) atoms. The number of rotatable bonds is 6. The van der Waals surface area contributed by atoms with Crippen molar-refractivity contribution in [2.45, 2.75) is 31.8 Å². The third-order valence-electron chi connectivity index (χ3n) is 3.75.